The van der Waals surface area contributed by atoms with Crippen molar-refractivity contribution in [2.45, 2.75) is 131 Å². The Balaban J connectivity index is 1.58. The quantitative estimate of drug-likeness (QED) is 0.412. The zero-order chi connectivity index (χ0) is 25.8. The molecule has 1 heterocycles. The summed E-state index contributed by atoms with van der Waals surface area (Å²) in [5.74, 6) is 2.63. The third-order valence-electron chi connectivity index (χ3n) is 12.7. The second kappa shape index (κ2) is 7.73. The highest BCUT2D eigenvalue weighted by atomic mass is 28.4. The Kier molecular flexibility index (Phi) is 5.75. The van der Waals surface area contributed by atoms with Crippen molar-refractivity contribution in [1.29, 1.82) is 0 Å². The van der Waals surface area contributed by atoms with E-state index >= 15 is 0 Å². The summed E-state index contributed by atoms with van der Waals surface area (Å²) in [4.78, 5) is 0. The molecule has 0 radical (unpaired) electrons. The summed E-state index contributed by atoms with van der Waals surface area (Å²) in [7, 11) is -2.00. The van der Waals surface area contributed by atoms with Crippen molar-refractivity contribution < 1.29 is 13.9 Å². The van der Waals surface area contributed by atoms with Crippen LogP contribution in [0.2, 0.25) is 18.1 Å². The molecule has 8 atom stereocenters. The van der Waals surface area contributed by atoms with E-state index in [2.05, 4.69) is 74.6 Å². The summed E-state index contributed by atoms with van der Waals surface area (Å²) in [6.45, 7) is 24.4. The van der Waals surface area contributed by atoms with E-state index in [1.54, 1.807) is 6.26 Å². The van der Waals surface area contributed by atoms with Crippen molar-refractivity contribution in [1.82, 2.24) is 0 Å². The molecule has 1 N–H and O–H groups in total. The summed E-state index contributed by atoms with van der Waals surface area (Å²) < 4.78 is 13.3. The van der Waals surface area contributed by atoms with Gasteiger partial charge in [-0.2, -0.15) is 0 Å². The van der Waals surface area contributed by atoms with Crippen molar-refractivity contribution in [2.24, 2.45) is 39.4 Å². The van der Waals surface area contributed by atoms with Crippen LogP contribution < -0.4 is 0 Å². The predicted molar refractivity (Wildman–Crippen MR) is 146 cm³/mol. The second-order valence-electron chi connectivity index (χ2n) is 16.0. The number of hydrogen-bond acceptors (Lipinski definition) is 3. The van der Waals surface area contributed by atoms with Crippen LogP contribution in [0.1, 0.15) is 124 Å². The van der Waals surface area contributed by atoms with Crippen molar-refractivity contribution in [3.05, 3.63) is 23.7 Å². The lowest BCUT2D eigenvalue weighted by Gasteiger charge is -2.62. The summed E-state index contributed by atoms with van der Waals surface area (Å²) in [5.41, 5.74) is 1.92. The van der Waals surface area contributed by atoms with E-state index < -0.39 is 14.4 Å². The maximum absolute atomic E-state index is 12.0. The van der Waals surface area contributed by atoms with Gasteiger partial charge in [-0.15, -0.1) is 0 Å². The van der Waals surface area contributed by atoms with E-state index in [-0.39, 0.29) is 22.0 Å². The van der Waals surface area contributed by atoms with E-state index in [1.165, 1.54) is 32.1 Å². The molecule has 0 aromatic carbocycles. The average Bonchev–Trinajstić information content (AvgIpc) is 3.27. The Morgan fingerprint density at radius 3 is 2.26 bits per heavy atom. The minimum Gasteiger partial charge on any atom is -0.466 e. The van der Waals surface area contributed by atoms with E-state index in [1.807, 2.05) is 0 Å². The largest absolute Gasteiger partial charge is 0.466 e. The van der Waals surface area contributed by atoms with E-state index in [4.69, 9.17) is 8.84 Å². The third kappa shape index (κ3) is 3.55. The van der Waals surface area contributed by atoms with Crippen LogP contribution in [0.3, 0.4) is 0 Å². The molecule has 35 heavy (non-hydrogen) atoms. The van der Waals surface area contributed by atoms with Crippen molar-refractivity contribution in [3.63, 3.8) is 0 Å². The fourth-order valence-electron chi connectivity index (χ4n) is 9.85. The standard InChI is InChI=1S/C31H52O3Si/c1-27(2,3)35(9,10)34-21-18-23-30(7)16-12-22-28(4,5)14-11-15-29(22,6)24(30)19-31(23,8)26(32)25-20(21)13-17-33-25/h13,17,21-24,26,32H,11-12,14-16,18-19H2,1-10H3/t21-,22+,23+,24-,26+,29+,30+,31+/m1/s1. The maximum Gasteiger partial charge on any atom is 0.192 e. The van der Waals surface area contributed by atoms with E-state index in [0.717, 1.165) is 30.1 Å². The molecule has 0 amide bonds. The monoisotopic (exact) mass is 500 g/mol. The number of aliphatic hydroxyl groups is 1. The Morgan fingerprint density at radius 2 is 1.60 bits per heavy atom. The minimum atomic E-state index is -2.00. The Hall–Kier alpha value is -0.583. The Bertz CT molecular complexity index is 972. The first-order valence-corrected chi connectivity index (χ1v) is 17.3. The van der Waals surface area contributed by atoms with Gasteiger partial charge in [-0.3, -0.25) is 0 Å². The normalized spacial score (nSPS) is 45.2. The second-order valence-corrected chi connectivity index (χ2v) is 20.8. The first-order valence-electron chi connectivity index (χ1n) is 14.4. The van der Waals surface area contributed by atoms with Gasteiger partial charge >= 0.3 is 0 Å². The molecule has 4 aliphatic rings. The summed E-state index contributed by atoms with van der Waals surface area (Å²) >= 11 is 0. The highest BCUT2D eigenvalue weighted by Gasteiger charge is 2.69. The van der Waals surface area contributed by atoms with Crippen LogP contribution in [0.4, 0.5) is 0 Å². The Morgan fingerprint density at radius 1 is 0.943 bits per heavy atom. The molecule has 3 saturated carbocycles. The molecule has 198 valence electrons. The SMILES string of the molecule is CC1(C)CCC[C@]2(C)[C@H]3C[C@@]4(C)[C@@H](C[C@@H](O[Si](C)(C)C(C)(C)C)c5ccoc5[C@@H]4O)[C@]3(C)CC[C@@H]12. The summed E-state index contributed by atoms with van der Waals surface area (Å²) in [6, 6.07) is 2.09. The van der Waals surface area contributed by atoms with Gasteiger partial charge in [0.05, 0.1) is 12.4 Å². The summed E-state index contributed by atoms with van der Waals surface area (Å²) in [5, 5.41) is 12.2. The maximum atomic E-state index is 12.0. The molecule has 0 bridgehead atoms. The minimum absolute atomic E-state index is 0.00928. The average molecular weight is 501 g/mol. The molecule has 1 aromatic heterocycles. The number of fused-ring (bicyclic) bond motifs is 6. The molecule has 4 aliphatic carbocycles. The van der Waals surface area contributed by atoms with Gasteiger partial charge in [-0.05, 0) is 96.7 Å². The molecular formula is C31H52O3Si. The highest BCUT2D eigenvalue weighted by Crippen LogP contribution is 2.76. The van der Waals surface area contributed by atoms with Crippen LogP contribution in [0.25, 0.3) is 0 Å². The number of hydrogen-bond donors (Lipinski definition) is 1. The van der Waals surface area contributed by atoms with Crippen LogP contribution in [-0.4, -0.2) is 13.4 Å². The van der Waals surface area contributed by atoms with Crippen LogP contribution in [0, 0.1) is 39.4 Å². The van der Waals surface area contributed by atoms with Gasteiger partial charge in [-0.25, -0.2) is 0 Å². The van der Waals surface area contributed by atoms with Gasteiger partial charge in [-0.1, -0.05) is 61.8 Å². The molecule has 0 spiro atoms. The molecule has 1 aromatic rings. The van der Waals surface area contributed by atoms with Gasteiger partial charge in [0.2, 0.25) is 0 Å². The first-order chi connectivity index (χ1) is 16.0. The molecule has 0 unspecified atom stereocenters. The third-order valence-corrected chi connectivity index (χ3v) is 17.2. The number of aliphatic hydroxyl groups excluding tert-OH is 1. The summed E-state index contributed by atoms with van der Waals surface area (Å²) in [6.07, 6.45) is 9.99. The van der Waals surface area contributed by atoms with Gasteiger partial charge in [0, 0.05) is 11.0 Å². The Labute approximate surface area is 215 Å². The van der Waals surface area contributed by atoms with Gasteiger partial charge in [0.25, 0.3) is 0 Å². The molecule has 3 fully saturated rings. The van der Waals surface area contributed by atoms with Crippen LogP contribution in [-0.2, 0) is 4.43 Å². The lowest BCUT2D eigenvalue weighted by atomic mass is 9.43. The lowest BCUT2D eigenvalue weighted by Crippen LogP contribution is -2.54. The zero-order valence-electron chi connectivity index (χ0n) is 24.3. The number of furan rings is 1. The van der Waals surface area contributed by atoms with Crippen LogP contribution in [0.15, 0.2) is 16.7 Å². The predicted octanol–water partition coefficient (Wildman–Crippen LogP) is 9.05. The highest BCUT2D eigenvalue weighted by molar-refractivity contribution is 6.74. The molecule has 5 rings (SSSR count). The van der Waals surface area contributed by atoms with Crippen LogP contribution in [0.5, 0.6) is 0 Å². The molecule has 3 nitrogen and oxygen atoms in total. The van der Waals surface area contributed by atoms with Crippen LogP contribution >= 0.6 is 0 Å². The first kappa shape index (κ1) is 26.0. The van der Waals surface area contributed by atoms with Gasteiger partial charge in [0.15, 0.2) is 8.32 Å². The topological polar surface area (TPSA) is 42.6 Å². The molecule has 0 aliphatic heterocycles. The zero-order valence-corrected chi connectivity index (χ0v) is 25.3. The van der Waals surface area contributed by atoms with Gasteiger partial charge < -0.3 is 13.9 Å². The van der Waals surface area contributed by atoms with E-state index in [9.17, 15) is 5.11 Å². The van der Waals surface area contributed by atoms with Crippen molar-refractivity contribution >= 4 is 8.32 Å². The smallest absolute Gasteiger partial charge is 0.192 e. The van der Waals surface area contributed by atoms with E-state index in [0.29, 0.717) is 22.7 Å². The molecule has 0 saturated heterocycles. The molecular weight excluding hydrogens is 448 g/mol. The number of rotatable bonds is 2. The fraction of sp³-hybridized carbons (Fsp3) is 0.871. The van der Waals surface area contributed by atoms with Crippen molar-refractivity contribution in [2.75, 3.05) is 0 Å². The van der Waals surface area contributed by atoms with Gasteiger partial charge in [0.1, 0.15) is 11.9 Å². The molecule has 4 heteroatoms. The lowest BCUT2D eigenvalue weighted by molar-refractivity contribution is -0.129. The fourth-order valence-corrected chi connectivity index (χ4v) is 11.1. The van der Waals surface area contributed by atoms with Crippen molar-refractivity contribution in [3.8, 4) is 0 Å².